The lowest BCUT2D eigenvalue weighted by Crippen LogP contribution is -2.48. The van der Waals surface area contributed by atoms with Gasteiger partial charge in [-0.1, -0.05) is 36.4 Å². The molecule has 27 heavy (non-hydrogen) atoms. The Kier molecular flexibility index (Phi) is 6.85. The Bertz CT molecular complexity index is 882. The molecule has 7 heteroatoms. The lowest BCUT2D eigenvalue weighted by atomic mass is 10.1. The summed E-state index contributed by atoms with van der Waals surface area (Å²) in [5, 5.41) is 2.82. The number of nitrogens with zero attached hydrogens (tertiary/aromatic N) is 1. The number of nitrogens with one attached hydrogen (secondary N) is 1. The van der Waals surface area contributed by atoms with Crippen molar-refractivity contribution in [3.63, 3.8) is 0 Å². The molecule has 0 aliphatic rings. The first-order chi connectivity index (χ1) is 12.7. The van der Waals surface area contributed by atoms with Crippen LogP contribution in [-0.4, -0.2) is 40.3 Å². The summed E-state index contributed by atoms with van der Waals surface area (Å²) in [7, 11) is -2.22. The van der Waals surface area contributed by atoms with Gasteiger partial charge in [-0.25, -0.2) is 8.42 Å². The van der Waals surface area contributed by atoms with Crippen LogP contribution in [0.4, 0.5) is 5.69 Å². The second-order valence-electron chi connectivity index (χ2n) is 6.44. The fraction of sp³-hybridized carbons (Fsp3) is 0.350. The van der Waals surface area contributed by atoms with Gasteiger partial charge in [-0.15, -0.1) is 0 Å². The maximum absolute atomic E-state index is 12.6. The van der Waals surface area contributed by atoms with Gasteiger partial charge in [-0.2, -0.15) is 0 Å². The molecule has 0 aliphatic heterocycles. The minimum Gasteiger partial charge on any atom is -0.495 e. The van der Waals surface area contributed by atoms with E-state index in [-0.39, 0.29) is 5.91 Å². The van der Waals surface area contributed by atoms with E-state index in [2.05, 4.69) is 5.32 Å². The number of ether oxygens (including phenoxy) is 1. The van der Waals surface area contributed by atoms with E-state index in [0.717, 1.165) is 21.7 Å². The maximum atomic E-state index is 12.6. The molecule has 0 saturated heterocycles. The zero-order valence-corrected chi connectivity index (χ0v) is 16.9. The first-order valence-corrected chi connectivity index (χ1v) is 10.5. The SMILES string of the molecule is COc1ccc(C)cc1N(C(C)C(=O)NCCc1ccccc1)S(C)(=O)=O. The molecule has 0 radical (unpaired) electrons. The van der Waals surface area contributed by atoms with Crippen LogP contribution in [0.15, 0.2) is 48.5 Å². The van der Waals surface area contributed by atoms with Crippen LogP contribution >= 0.6 is 0 Å². The molecule has 0 fully saturated rings. The molecule has 1 N–H and O–H groups in total. The smallest absolute Gasteiger partial charge is 0.243 e. The van der Waals surface area contributed by atoms with Crippen molar-refractivity contribution in [3.8, 4) is 5.75 Å². The molecule has 2 aromatic rings. The van der Waals surface area contributed by atoms with Crippen molar-refractivity contribution >= 4 is 21.6 Å². The lowest BCUT2D eigenvalue weighted by Gasteiger charge is -2.29. The van der Waals surface area contributed by atoms with Gasteiger partial charge in [0.25, 0.3) is 0 Å². The number of hydrogen-bond donors (Lipinski definition) is 1. The second-order valence-corrected chi connectivity index (χ2v) is 8.30. The average Bonchev–Trinajstić information content (AvgIpc) is 2.61. The van der Waals surface area contributed by atoms with Crippen LogP contribution in [0, 0.1) is 6.92 Å². The minimum absolute atomic E-state index is 0.353. The molecule has 0 aliphatic carbocycles. The monoisotopic (exact) mass is 390 g/mol. The van der Waals surface area contributed by atoms with E-state index in [1.54, 1.807) is 19.1 Å². The highest BCUT2D eigenvalue weighted by Crippen LogP contribution is 2.32. The van der Waals surface area contributed by atoms with Gasteiger partial charge in [-0.3, -0.25) is 9.10 Å². The average molecular weight is 391 g/mol. The first-order valence-electron chi connectivity index (χ1n) is 8.69. The summed E-state index contributed by atoms with van der Waals surface area (Å²) in [4.78, 5) is 12.6. The highest BCUT2D eigenvalue weighted by Gasteiger charge is 2.31. The topological polar surface area (TPSA) is 75.7 Å². The molecular weight excluding hydrogens is 364 g/mol. The maximum Gasteiger partial charge on any atom is 0.243 e. The van der Waals surface area contributed by atoms with E-state index < -0.39 is 16.1 Å². The highest BCUT2D eigenvalue weighted by molar-refractivity contribution is 7.92. The Labute approximate surface area is 161 Å². The summed E-state index contributed by atoms with van der Waals surface area (Å²) in [6.07, 6.45) is 1.76. The van der Waals surface area contributed by atoms with Gasteiger partial charge in [0.15, 0.2) is 0 Å². The summed E-state index contributed by atoms with van der Waals surface area (Å²) in [5.74, 6) is 0.0369. The van der Waals surface area contributed by atoms with E-state index in [9.17, 15) is 13.2 Å². The van der Waals surface area contributed by atoms with Gasteiger partial charge >= 0.3 is 0 Å². The van der Waals surface area contributed by atoms with Crippen LogP contribution in [0.1, 0.15) is 18.1 Å². The number of benzene rings is 2. The molecule has 0 bridgehead atoms. The van der Waals surface area contributed by atoms with Crippen molar-refractivity contribution in [2.75, 3.05) is 24.2 Å². The molecule has 2 rings (SSSR count). The molecule has 6 nitrogen and oxygen atoms in total. The van der Waals surface area contributed by atoms with E-state index in [1.165, 1.54) is 7.11 Å². The van der Waals surface area contributed by atoms with Gasteiger partial charge in [0.1, 0.15) is 11.8 Å². The number of rotatable bonds is 8. The first kappa shape index (κ1) is 20.8. The van der Waals surface area contributed by atoms with Crippen molar-refractivity contribution in [2.45, 2.75) is 26.3 Å². The fourth-order valence-corrected chi connectivity index (χ4v) is 4.05. The molecule has 0 spiro atoms. The number of carbonyl (C=O) groups excluding carboxylic acids is 1. The Morgan fingerprint density at radius 3 is 2.44 bits per heavy atom. The number of sulfonamides is 1. The van der Waals surface area contributed by atoms with Gasteiger partial charge < -0.3 is 10.1 Å². The zero-order valence-electron chi connectivity index (χ0n) is 16.1. The fourth-order valence-electron chi connectivity index (χ4n) is 2.88. The van der Waals surface area contributed by atoms with Crippen LogP contribution in [0.5, 0.6) is 5.75 Å². The van der Waals surface area contributed by atoms with Gasteiger partial charge in [0, 0.05) is 6.54 Å². The quantitative estimate of drug-likeness (QED) is 0.751. The summed E-state index contributed by atoms with van der Waals surface area (Å²) < 4.78 is 31.3. The summed E-state index contributed by atoms with van der Waals surface area (Å²) >= 11 is 0. The van der Waals surface area contributed by atoms with Crippen LogP contribution < -0.4 is 14.4 Å². The van der Waals surface area contributed by atoms with Crippen LogP contribution in [0.25, 0.3) is 0 Å². The van der Waals surface area contributed by atoms with Gasteiger partial charge in [-0.05, 0) is 43.5 Å². The standard InChI is InChI=1S/C20H26N2O4S/c1-15-10-11-19(26-3)18(14-15)22(27(4,24)25)16(2)20(23)21-13-12-17-8-6-5-7-9-17/h5-11,14,16H,12-13H2,1-4H3,(H,21,23). The Hall–Kier alpha value is -2.54. The molecular formula is C20H26N2O4S. The Morgan fingerprint density at radius 1 is 1.19 bits per heavy atom. The zero-order chi connectivity index (χ0) is 20.0. The van der Waals surface area contributed by atoms with E-state index >= 15 is 0 Å². The number of methoxy groups -OCH3 is 1. The third-order valence-electron chi connectivity index (χ3n) is 4.22. The predicted octanol–water partition coefficient (Wildman–Crippen LogP) is 2.52. The van der Waals surface area contributed by atoms with E-state index in [1.807, 2.05) is 43.3 Å². The molecule has 0 saturated carbocycles. The number of hydrogen-bond acceptors (Lipinski definition) is 4. The third kappa shape index (κ3) is 5.47. The summed E-state index contributed by atoms with van der Waals surface area (Å²) in [6.45, 7) is 3.85. The molecule has 146 valence electrons. The lowest BCUT2D eigenvalue weighted by molar-refractivity contribution is -0.121. The van der Waals surface area contributed by atoms with Crippen molar-refractivity contribution in [1.82, 2.24) is 5.32 Å². The number of amides is 1. The molecule has 1 unspecified atom stereocenters. The largest absolute Gasteiger partial charge is 0.495 e. The predicted molar refractivity (Wildman–Crippen MR) is 108 cm³/mol. The van der Waals surface area contributed by atoms with E-state index in [4.69, 9.17) is 4.74 Å². The molecule has 1 amide bonds. The molecule has 0 heterocycles. The Balaban J connectivity index is 2.19. The van der Waals surface area contributed by atoms with Crippen LogP contribution in [0.2, 0.25) is 0 Å². The van der Waals surface area contributed by atoms with Crippen molar-refractivity contribution in [1.29, 1.82) is 0 Å². The minimum atomic E-state index is -3.70. The summed E-state index contributed by atoms with van der Waals surface area (Å²) in [6, 6.07) is 14.1. The van der Waals surface area contributed by atoms with E-state index in [0.29, 0.717) is 24.4 Å². The van der Waals surface area contributed by atoms with Crippen LogP contribution in [0.3, 0.4) is 0 Å². The highest BCUT2D eigenvalue weighted by atomic mass is 32.2. The molecule has 2 aromatic carbocycles. The van der Waals surface area contributed by atoms with Gasteiger partial charge in [0.2, 0.25) is 15.9 Å². The molecule has 0 aromatic heterocycles. The van der Waals surface area contributed by atoms with Crippen molar-refractivity contribution in [2.24, 2.45) is 0 Å². The summed E-state index contributed by atoms with van der Waals surface area (Å²) in [5.41, 5.74) is 2.33. The number of carbonyl (C=O) groups is 1. The van der Waals surface area contributed by atoms with Crippen LogP contribution in [-0.2, 0) is 21.2 Å². The van der Waals surface area contributed by atoms with Crippen molar-refractivity contribution < 1.29 is 17.9 Å². The second kappa shape index (κ2) is 8.90. The number of aryl methyl sites for hydroxylation is 1. The normalized spacial score (nSPS) is 12.3. The van der Waals surface area contributed by atoms with Crippen molar-refractivity contribution in [3.05, 3.63) is 59.7 Å². The molecule has 1 atom stereocenters. The Morgan fingerprint density at radius 2 is 1.85 bits per heavy atom. The number of anilines is 1. The third-order valence-corrected chi connectivity index (χ3v) is 5.44. The van der Waals surface area contributed by atoms with Gasteiger partial charge in [0.05, 0.1) is 19.1 Å².